The SMILES string of the molecule is C=CCCC[C@@H]1C[C@H]1OC(=O)C[C@H](C(=O)N1CC(Oc2nc3cc(OC)ccc3nc2C=C)C[C@H]1C(=O)OC)C(C)(C)C. The van der Waals surface area contributed by atoms with Crippen LogP contribution in [0.4, 0.5) is 0 Å². The lowest BCUT2D eigenvalue weighted by Gasteiger charge is -2.34. The molecule has 4 rings (SSSR count). The van der Waals surface area contributed by atoms with Gasteiger partial charge >= 0.3 is 11.9 Å². The molecule has 0 bridgehead atoms. The summed E-state index contributed by atoms with van der Waals surface area (Å²) in [6, 6.07) is 4.47. The van der Waals surface area contributed by atoms with Gasteiger partial charge in [0.15, 0.2) is 0 Å². The van der Waals surface area contributed by atoms with Crippen LogP contribution in [0.2, 0.25) is 0 Å². The Balaban J connectivity index is 1.50. The number of likely N-dealkylation sites (tertiary alicyclic amines) is 1. The molecule has 10 heteroatoms. The minimum atomic E-state index is -0.873. The molecule has 0 spiro atoms. The van der Waals surface area contributed by atoms with Crippen molar-refractivity contribution in [2.75, 3.05) is 20.8 Å². The van der Waals surface area contributed by atoms with Crippen molar-refractivity contribution < 1.29 is 33.3 Å². The molecule has 1 saturated heterocycles. The summed E-state index contributed by atoms with van der Waals surface area (Å²) >= 11 is 0. The number of methoxy groups -OCH3 is 2. The normalized spacial score (nSPS) is 22.0. The molecular formula is C33H43N3O7. The highest BCUT2D eigenvalue weighted by Gasteiger charge is 2.47. The van der Waals surface area contributed by atoms with Crippen molar-refractivity contribution in [2.45, 2.75) is 77.5 Å². The first-order valence-electron chi connectivity index (χ1n) is 14.8. The van der Waals surface area contributed by atoms with Gasteiger partial charge in [-0.25, -0.2) is 14.8 Å². The molecule has 0 N–H and O–H groups in total. The molecule has 1 amide bonds. The van der Waals surface area contributed by atoms with E-state index in [4.69, 9.17) is 18.9 Å². The van der Waals surface area contributed by atoms with E-state index in [0.717, 1.165) is 25.7 Å². The van der Waals surface area contributed by atoms with Crippen LogP contribution in [0, 0.1) is 17.3 Å². The molecule has 2 heterocycles. The Morgan fingerprint density at radius 2 is 1.88 bits per heavy atom. The van der Waals surface area contributed by atoms with E-state index in [1.54, 1.807) is 31.4 Å². The van der Waals surface area contributed by atoms with Crippen molar-refractivity contribution in [2.24, 2.45) is 17.3 Å². The molecule has 1 unspecified atom stereocenters. The van der Waals surface area contributed by atoms with Gasteiger partial charge in [-0.3, -0.25) is 9.59 Å². The van der Waals surface area contributed by atoms with E-state index in [1.807, 2.05) is 26.8 Å². The summed E-state index contributed by atoms with van der Waals surface area (Å²) < 4.78 is 22.4. The topological polar surface area (TPSA) is 117 Å². The number of allylic oxidation sites excluding steroid dienone is 1. The number of amides is 1. The van der Waals surface area contributed by atoms with E-state index < -0.39 is 35.4 Å². The molecule has 232 valence electrons. The second-order valence-electron chi connectivity index (χ2n) is 12.3. The predicted molar refractivity (Wildman–Crippen MR) is 162 cm³/mol. The fourth-order valence-corrected chi connectivity index (χ4v) is 5.56. The van der Waals surface area contributed by atoms with E-state index in [2.05, 4.69) is 23.1 Å². The monoisotopic (exact) mass is 593 g/mol. The first-order chi connectivity index (χ1) is 20.5. The van der Waals surface area contributed by atoms with E-state index in [0.29, 0.717) is 28.4 Å². The molecule has 1 saturated carbocycles. The Hall–Kier alpha value is -3.95. The van der Waals surface area contributed by atoms with E-state index in [-0.39, 0.29) is 37.3 Å². The molecule has 43 heavy (non-hydrogen) atoms. The van der Waals surface area contributed by atoms with Gasteiger partial charge in [0.2, 0.25) is 11.8 Å². The number of carbonyl (C=O) groups is 3. The molecule has 2 aliphatic rings. The molecule has 1 aromatic carbocycles. The summed E-state index contributed by atoms with van der Waals surface area (Å²) in [4.78, 5) is 50.6. The van der Waals surface area contributed by atoms with Crippen LogP contribution in [-0.2, 0) is 23.9 Å². The smallest absolute Gasteiger partial charge is 0.328 e. The number of ether oxygens (including phenoxy) is 4. The fourth-order valence-electron chi connectivity index (χ4n) is 5.56. The van der Waals surface area contributed by atoms with Crippen molar-refractivity contribution >= 4 is 35.0 Å². The number of nitrogens with zero attached hydrogens (tertiary/aromatic N) is 3. The zero-order valence-corrected chi connectivity index (χ0v) is 25.8. The second kappa shape index (κ2) is 13.6. The lowest BCUT2D eigenvalue weighted by Crippen LogP contribution is -2.47. The number of fused-ring (bicyclic) bond motifs is 1. The largest absolute Gasteiger partial charge is 0.497 e. The van der Waals surface area contributed by atoms with Crippen molar-refractivity contribution in [1.29, 1.82) is 0 Å². The van der Waals surface area contributed by atoms with Crippen LogP contribution in [0.25, 0.3) is 17.1 Å². The Kier molecular flexibility index (Phi) is 10.1. The minimum Gasteiger partial charge on any atom is -0.497 e. The molecular weight excluding hydrogens is 550 g/mol. The number of unbranched alkanes of at least 4 members (excludes halogenated alkanes) is 1. The number of aromatic nitrogens is 2. The van der Waals surface area contributed by atoms with Gasteiger partial charge in [0.25, 0.3) is 0 Å². The van der Waals surface area contributed by atoms with Crippen molar-refractivity contribution in [3.8, 4) is 11.6 Å². The summed E-state index contributed by atoms with van der Waals surface area (Å²) in [7, 11) is 2.86. The Bertz CT molecular complexity index is 1370. The number of benzene rings is 1. The van der Waals surface area contributed by atoms with E-state index in [9.17, 15) is 14.4 Å². The highest BCUT2D eigenvalue weighted by Crippen LogP contribution is 2.40. The molecule has 0 radical (unpaired) electrons. The van der Waals surface area contributed by atoms with Crippen LogP contribution in [0.15, 0.2) is 37.4 Å². The first kappa shape index (κ1) is 32.0. The Morgan fingerprint density at radius 1 is 1.12 bits per heavy atom. The van der Waals surface area contributed by atoms with Gasteiger partial charge in [0.1, 0.15) is 29.7 Å². The molecule has 5 atom stereocenters. The molecule has 1 aliphatic heterocycles. The van der Waals surface area contributed by atoms with Crippen LogP contribution in [0.3, 0.4) is 0 Å². The number of rotatable bonds is 13. The minimum absolute atomic E-state index is 0.0767. The van der Waals surface area contributed by atoms with Gasteiger partial charge in [-0.2, -0.15) is 0 Å². The summed E-state index contributed by atoms with van der Waals surface area (Å²) in [5.74, 6) is -0.742. The second-order valence-corrected chi connectivity index (χ2v) is 12.3. The first-order valence-corrected chi connectivity index (χ1v) is 14.8. The number of esters is 2. The third-order valence-electron chi connectivity index (χ3n) is 8.19. The lowest BCUT2D eigenvalue weighted by atomic mass is 9.77. The Morgan fingerprint density at radius 3 is 2.53 bits per heavy atom. The van der Waals surface area contributed by atoms with Crippen LogP contribution < -0.4 is 9.47 Å². The number of hydrogen-bond donors (Lipinski definition) is 0. The standard InChI is InChI=1S/C33H43N3O7/c1-8-10-11-12-20-15-28(20)43-29(37)18-23(33(3,4)5)31(38)36-19-22(17-27(36)32(39)41-7)42-30-24(9-2)34-25-14-13-21(40-6)16-26(25)35-30/h8-9,13-14,16,20,22-23,27-28H,1-2,10-12,15,17-19H2,3-7H3/t20-,22?,23-,27+,28-/m1/s1. The van der Waals surface area contributed by atoms with Crippen LogP contribution in [0.5, 0.6) is 11.6 Å². The maximum absolute atomic E-state index is 14.1. The molecule has 1 aliphatic carbocycles. The number of hydrogen-bond acceptors (Lipinski definition) is 9. The van der Waals surface area contributed by atoms with Gasteiger partial charge in [0, 0.05) is 12.5 Å². The fraction of sp³-hybridized carbons (Fsp3) is 0.545. The van der Waals surface area contributed by atoms with Crippen LogP contribution in [-0.4, -0.2) is 71.7 Å². The van der Waals surface area contributed by atoms with Gasteiger partial charge in [0.05, 0.1) is 44.1 Å². The average molecular weight is 594 g/mol. The Labute approximate surface area is 253 Å². The number of carbonyl (C=O) groups excluding carboxylic acids is 3. The van der Waals surface area contributed by atoms with Crippen LogP contribution >= 0.6 is 0 Å². The van der Waals surface area contributed by atoms with Crippen LogP contribution in [0.1, 0.15) is 65.0 Å². The summed E-state index contributed by atoms with van der Waals surface area (Å²) in [6.45, 7) is 13.4. The van der Waals surface area contributed by atoms with Crippen molar-refractivity contribution in [1.82, 2.24) is 14.9 Å². The predicted octanol–water partition coefficient (Wildman–Crippen LogP) is 5.14. The quantitative estimate of drug-likeness (QED) is 0.177. The average Bonchev–Trinajstić information content (AvgIpc) is 3.57. The highest BCUT2D eigenvalue weighted by molar-refractivity contribution is 5.89. The lowest BCUT2D eigenvalue weighted by molar-refractivity contribution is -0.157. The maximum Gasteiger partial charge on any atom is 0.328 e. The third kappa shape index (κ3) is 7.72. The highest BCUT2D eigenvalue weighted by atomic mass is 16.6. The van der Waals surface area contributed by atoms with Gasteiger partial charge in [-0.15, -0.1) is 6.58 Å². The zero-order chi connectivity index (χ0) is 31.3. The van der Waals surface area contributed by atoms with Crippen molar-refractivity contribution in [3.63, 3.8) is 0 Å². The summed E-state index contributed by atoms with van der Waals surface area (Å²) in [5.41, 5.74) is 1.09. The van der Waals surface area contributed by atoms with Crippen molar-refractivity contribution in [3.05, 3.63) is 43.1 Å². The van der Waals surface area contributed by atoms with Gasteiger partial charge in [-0.1, -0.05) is 33.4 Å². The van der Waals surface area contributed by atoms with E-state index in [1.165, 1.54) is 12.0 Å². The zero-order valence-electron chi connectivity index (χ0n) is 25.8. The van der Waals surface area contributed by atoms with Gasteiger partial charge in [-0.05, 0) is 55.2 Å². The van der Waals surface area contributed by atoms with E-state index >= 15 is 0 Å². The summed E-state index contributed by atoms with van der Waals surface area (Å²) in [5, 5.41) is 0. The molecule has 1 aromatic heterocycles. The molecule has 10 nitrogen and oxygen atoms in total. The van der Waals surface area contributed by atoms with Gasteiger partial charge < -0.3 is 23.8 Å². The molecule has 2 fully saturated rings. The molecule has 2 aromatic rings. The third-order valence-corrected chi connectivity index (χ3v) is 8.19. The summed E-state index contributed by atoms with van der Waals surface area (Å²) in [6.07, 6.45) is 6.70. The maximum atomic E-state index is 14.1.